The predicted molar refractivity (Wildman–Crippen MR) is 84.7 cm³/mol. The van der Waals surface area contributed by atoms with Crippen molar-refractivity contribution in [2.45, 2.75) is 6.54 Å². The second-order valence-electron chi connectivity index (χ2n) is 5.09. The molecular formula is C16H11ClFN5. The molecule has 23 heavy (non-hydrogen) atoms. The van der Waals surface area contributed by atoms with Crippen molar-refractivity contribution in [3.63, 3.8) is 0 Å². The SMILES string of the molecule is Fc1ccc2nc(-c3ccc(Cl)cc3)c(Cn3ccnn3)n2c1. The van der Waals surface area contributed by atoms with Crippen LogP contribution in [0, 0.1) is 5.82 Å². The van der Waals surface area contributed by atoms with Crippen LogP contribution in [-0.2, 0) is 6.54 Å². The van der Waals surface area contributed by atoms with Crippen LogP contribution in [0.5, 0.6) is 0 Å². The summed E-state index contributed by atoms with van der Waals surface area (Å²) in [4.78, 5) is 4.63. The Morgan fingerprint density at radius 2 is 1.91 bits per heavy atom. The fourth-order valence-corrected chi connectivity index (χ4v) is 2.65. The quantitative estimate of drug-likeness (QED) is 0.579. The Morgan fingerprint density at radius 3 is 2.65 bits per heavy atom. The average molecular weight is 328 g/mol. The number of imidazole rings is 1. The summed E-state index contributed by atoms with van der Waals surface area (Å²) in [5.41, 5.74) is 3.18. The zero-order chi connectivity index (χ0) is 15.8. The molecule has 114 valence electrons. The summed E-state index contributed by atoms with van der Waals surface area (Å²) in [6.07, 6.45) is 4.78. The first kappa shape index (κ1) is 13.9. The molecule has 0 saturated heterocycles. The molecule has 4 aromatic rings. The molecule has 0 aliphatic heterocycles. The van der Waals surface area contributed by atoms with Crippen LogP contribution in [0.4, 0.5) is 4.39 Å². The van der Waals surface area contributed by atoms with Gasteiger partial charge in [0, 0.05) is 23.0 Å². The van der Waals surface area contributed by atoms with Gasteiger partial charge in [0.05, 0.1) is 24.1 Å². The van der Waals surface area contributed by atoms with Crippen LogP contribution in [0.2, 0.25) is 5.02 Å². The van der Waals surface area contributed by atoms with Gasteiger partial charge in [-0.1, -0.05) is 28.9 Å². The van der Waals surface area contributed by atoms with Crippen LogP contribution in [0.25, 0.3) is 16.9 Å². The fraction of sp³-hybridized carbons (Fsp3) is 0.0625. The third-order valence-electron chi connectivity index (χ3n) is 3.58. The van der Waals surface area contributed by atoms with Gasteiger partial charge in [-0.2, -0.15) is 0 Å². The van der Waals surface area contributed by atoms with E-state index in [0.29, 0.717) is 17.2 Å². The van der Waals surface area contributed by atoms with E-state index < -0.39 is 0 Å². The second-order valence-corrected chi connectivity index (χ2v) is 5.53. The molecule has 3 aromatic heterocycles. The lowest BCUT2D eigenvalue weighted by molar-refractivity contribution is 0.609. The van der Waals surface area contributed by atoms with E-state index in [0.717, 1.165) is 17.0 Å². The molecule has 5 nitrogen and oxygen atoms in total. The number of benzene rings is 1. The monoisotopic (exact) mass is 327 g/mol. The average Bonchev–Trinajstić information content (AvgIpc) is 3.17. The molecule has 0 aliphatic rings. The van der Waals surface area contributed by atoms with E-state index in [1.807, 2.05) is 12.1 Å². The third kappa shape index (κ3) is 2.57. The van der Waals surface area contributed by atoms with Crippen LogP contribution < -0.4 is 0 Å². The Bertz CT molecular complexity index is 960. The fourth-order valence-electron chi connectivity index (χ4n) is 2.53. The summed E-state index contributed by atoms with van der Waals surface area (Å²) in [5, 5.41) is 8.44. The highest BCUT2D eigenvalue weighted by Crippen LogP contribution is 2.26. The van der Waals surface area contributed by atoms with E-state index in [4.69, 9.17) is 11.6 Å². The van der Waals surface area contributed by atoms with Gasteiger partial charge in [-0.3, -0.25) is 4.40 Å². The topological polar surface area (TPSA) is 48.0 Å². The van der Waals surface area contributed by atoms with Gasteiger partial charge in [0.1, 0.15) is 11.5 Å². The smallest absolute Gasteiger partial charge is 0.139 e. The maximum Gasteiger partial charge on any atom is 0.139 e. The number of rotatable bonds is 3. The standard InChI is InChI=1S/C16H11ClFN5/c17-12-3-1-11(2-4-12)16-14(10-22-8-7-19-21-22)23-9-13(18)5-6-15(23)20-16/h1-9H,10H2. The van der Waals surface area contributed by atoms with Crippen molar-refractivity contribution in [3.8, 4) is 11.3 Å². The normalized spacial score (nSPS) is 11.2. The Hall–Kier alpha value is -2.73. The number of nitrogens with zero attached hydrogens (tertiary/aromatic N) is 5. The number of hydrogen-bond acceptors (Lipinski definition) is 3. The summed E-state index contributed by atoms with van der Waals surface area (Å²) < 4.78 is 17.1. The van der Waals surface area contributed by atoms with Crippen LogP contribution in [-0.4, -0.2) is 24.4 Å². The molecule has 0 amide bonds. The third-order valence-corrected chi connectivity index (χ3v) is 3.83. The van der Waals surface area contributed by atoms with Crippen molar-refractivity contribution in [2.75, 3.05) is 0 Å². The van der Waals surface area contributed by atoms with Crippen molar-refractivity contribution in [3.05, 3.63) is 71.5 Å². The molecule has 0 atom stereocenters. The zero-order valence-corrected chi connectivity index (χ0v) is 12.7. The predicted octanol–water partition coefficient (Wildman–Crippen LogP) is 3.43. The number of aromatic nitrogens is 5. The lowest BCUT2D eigenvalue weighted by Crippen LogP contribution is -2.05. The van der Waals surface area contributed by atoms with E-state index in [1.165, 1.54) is 12.3 Å². The molecule has 0 radical (unpaired) electrons. The van der Waals surface area contributed by atoms with Gasteiger partial charge in [-0.05, 0) is 24.3 Å². The number of pyridine rings is 1. The highest BCUT2D eigenvalue weighted by atomic mass is 35.5. The first-order valence-electron chi connectivity index (χ1n) is 6.97. The van der Waals surface area contributed by atoms with Gasteiger partial charge in [0.25, 0.3) is 0 Å². The summed E-state index contributed by atoms with van der Waals surface area (Å²) in [6.45, 7) is 0.433. The van der Waals surface area contributed by atoms with E-state index in [2.05, 4.69) is 15.3 Å². The largest absolute Gasteiger partial charge is 0.299 e. The van der Waals surface area contributed by atoms with E-state index in [9.17, 15) is 4.39 Å². The first-order valence-corrected chi connectivity index (χ1v) is 7.35. The van der Waals surface area contributed by atoms with Gasteiger partial charge in [-0.25, -0.2) is 14.1 Å². The van der Waals surface area contributed by atoms with Gasteiger partial charge in [0.15, 0.2) is 0 Å². The molecule has 0 saturated carbocycles. The van der Waals surface area contributed by atoms with Gasteiger partial charge in [0.2, 0.25) is 0 Å². The van der Waals surface area contributed by atoms with E-state index >= 15 is 0 Å². The van der Waals surface area contributed by atoms with Gasteiger partial charge >= 0.3 is 0 Å². The van der Waals surface area contributed by atoms with E-state index in [1.54, 1.807) is 39.7 Å². The molecule has 7 heteroatoms. The van der Waals surface area contributed by atoms with Gasteiger partial charge < -0.3 is 0 Å². The van der Waals surface area contributed by atoms with Crippen molar-refractivity contribution in [1.29, 1.82) is 0 Å². The molecule has 4 rings (SSSR count). The first-order chi connectivity index (χ1) is 11.2. The lowest BCUT2D eigenvalue weighted by atomic mass is 10.1. The van der Waals surface area contributed by atoms with Gasteiger partial charge in [-0.15, -0.1) is 5.10 Å². The number of halogens is 2. The van der Waals surface area contributed by atoms with E-state index in [-0.39, 0.29) is 5.82 Å². The molecule has 3 heterocycles. The van der Waals surface area contributed by atoms with Crippen LogP contribution >= 0.6 is 11.6 Å². The Balaban J connectivity index is 1.93. The highest BCUT2D eigenvalue weighted by molar-refractivity contribution is 6.30. The maximum atomic E-state index is 13.7. The molecule has 0 spiro atoms. The van der Waals surface area contributed by atoms with Crippen molar-refractivity contribution >= 4 is 17.2 Å². The molecule has 1 aromatic carbocycles. The minimum absolute atomic E-state index is 0.322. The maximum absolute atomic E-state index is 13.7. The molecular weight excluding hydrogens is 317 g/mol. The minimum Gasteiger partial charge on any atom is -0.299 e. The van der Waals surface area contributed by atoms with Crippen LogP contribution in [0.15, 0.2) is 55.0 Å². The number of hydrogen-bond donors (Lipinski definition) is 0. The Labute approximate surface area is 136 Å². The summed E-state index contributed by atoms with van der Waals surface area (Å²) in [7, 11) is 0. The lowest BCUT2D eigenvalue weighted by Gasteiger charge is -2.05. The summed E-state index contributed by atoms with van der Waals surface area (Å²) >= 11 is 5.96. The number of fused-ring (bicyclic) bond motifs is 1. The Kier molecular flexibility index (Phi) is 3.31. The Morgan fingerprint density at radius 1 is 1.09 bits per heavy atom. The second kappa shape index (κ2) is 5.48. The minimum atomic E-state index is -0.322. The highest BCUT2D eigenvalue weighted by Gasteiger charge is 2.15. The van der Waals surface area contributed by atoms with Crippen LogP contribution in [0.1, 0.15) is 5.69 Å². The van der Waals surface area contributed by atoms with Crippen molar-refractivity contribution in [2.24, 2.45) is 0 Å². The van der Waals surface area contributed by atoms with Crippen molar-refractivity contribution < 1.29 is 4.39 Å². The van der Waals surface area contributed by atoms with Crippen LogP contribution in [0.3, 0.4) is 0 Å². The molecule has 0 aliphatic carbocycles. The zero-order valence-electron chi connectivity index (χ0n) is 11.9. The molecule has 0 unspecified atom stereocenters. The molecule has 0 bridgehead atoms. The van der Waals surface area contributed by atoms with Crippen molar-refractivity contribution in [1.82, 2.24) is 24.4 Å². The molecule has 0 N–H and O–H groups in total. The molecule has 0 fully saturated rings. The summed E-state index contributed by atoms with van der Waals surface area (Å²) in [6, 6.07) is 10.4. The summed E-state index contributed by atoms with van der Waals surface area (Å²) in [5.74, 6) is -0.322.